The number of aryl methyl sites for hydroxylation is 1. The Morgan fingerprint density at radius 2 is 1.93 bits per heavy atom. The number of nitrogens with one attached hydrogen (secondary N) is 1. The van der Waals surface area contributed by atoms with E-state index in [2.05, 4.69) is 51.7 Å². The molecule has 0 atom stereocenters. The quantitative estimate of drug-likeness (QED) is 0.542. The Balaban J connectivity index is 1.49. The molecular formula is C22H23N7. The van der Waals surface area contributed by atoms with E-state index < -0.39 is 0 Å². The molecule has 0 radical (unpaired) electrons. The van der Waals surface area contributed by atoms with Crippen LogP contribution in [0, 0.1) is 0 Å². The van der Waals surface area contributed by atoms with E-state index in [9.17, 15) is 0 Å². The molecule has 146 valence electrons. The summed E-state index contributed by atoms with van der Waals surface area (Å²) in [5.74, 6) is 2.38. The number of fused-ring (bicyclic) bond motifs is 1. The summed E-state index contributed by atoms with van der Waals surface area (Å²) in [6.07, 6.45) is 8.22. The molecule has 0 unspecified atom stereocenters. The van der Waals surface area contributed by atoms with Gasteiger partial charge >= 0.3 is 0 Å². The molecule has 1 aliphatic carbocycles. The van der Waals surface area contributed by atoms with E-state index in [-0.39, 0.29) is 0 Å². The second kappa shape index (κ2) is 6.92. The van der Waals surface area contributed by atoms with Gasteiger partial charge in [0.05, 0.1) is 22.9 Å². The van der Waals surface area contributed by atoms with E-state index in [1.54, 1.807) is 6.20 Å². The molecule has 1 saturated carbocycles. The molecule has 0 spiro atoms. The summed E-state index contributed by atoms with van der Waals surface area (Å²) in [4.78, 5) is 9.38. The lowest BCUT2D eigenvalue weighted by Gasteiger charge is -2.09. The second-order valence-corrected chi connectivity index (χ2v) is 7.99. The van der Waals surface area contributed by atoms with E-state index in [0.717, 1.165) is 33.5 Å². The van der Waals surface area contributed by atoms with Crippen LogP contribution in [0.1, 0.15) is 49.8 Å². The third kappa shape index (κ3) is 3.55. The van der Waals surface area contributed by atoms with Crippen LogP contribution in [0.4, 0.5) is 11.6 Å². The number of rotatable bonds is 5. The Bertz CT molecular complexity index is 1190. The van der Waals surface area contributed by atoms with Gasteiger partial charge in [-0.15, -0.1) is 5.10 Å². The van der Waals surface area contributed by atoms with Gasteiger partial charge < -0.3 is 5.32 Å². The van der Waals surface area contributed by atoms with Crippen molar-refractivity contribution < 1.29 is 0 Å². The Morgan fingerprint density at radius 3 is 2.72 bits per heavy atom. The van der Waals surface area contributed by atoms with Gasteiger partial charge in [-0.05, 0) is 48.6 Å². The lowest BCUT2D eigenvalue weighted by molar-refractivity contribution is 0.744. The average molecular weight is 385 g/mol. The lowest BCUT2D eigenvalue weighted by atomic mass is 10.1. The fourth-order valence-corrected chi connectivity index (χ4v) is 3.50. The van der Waals surface area contributed by atoms with E-state index in [1.807, 2.05) is 36.1 Å². The average Bonchev–Trinajstić information content (AvgIpc) is 3.49. The maximum atomic E-state index is 4.76. The monoisotopic (exact) mass is 385 g/mol. The van der Waals surface area contributed by atoms with Crippen molar-refractivity contribution in [3.63, 3.8) is 0 Å². The summed E-state index contributed by atoms with van der Waals surface area (Å²) in [7, 11) is 1.97. The molecule has 5 rings (SSSR count). The molecule has 1 fully saturated rings. The molecule has 1 aliphatic rings. The smallest absolute Gasteiger partial charge is 0.154 e. The molecule has 1 N–H and O–H groups in total. The van der Waals surface area contributed by atoms with Gasteiger partial charge in [-0.1, -0.05) is 13.8 Å². The van der Waals surface area contributed by atoms with Gasteiger partial charge in [0.15, 0.2) is 5.82 Å². The van der Waals surface area contributed by atoms with Crippen LogP contribution in [0.25, 0.3) is 22.2 Å². The number of hydrogen-bond donors (Lipinski definition) is 1. The van der Waals surface area contributed by atoms with Crippen molar-refractivity contribution in [1.29, 1.82) is 0 Å². The Hall–Kier alpha value is -3.35. The molecule has 4 aromatic rings. The maximum absolute atomic E-state index is 4.76. The van der Waals surface area contributed by atoms with Crippen molar-refractivity contribution in [3.8, 4) is 11.1 Å². The van der Waals surface area contributed by atoms with Crippen LogP contribution in [-0.4, -0.2) is 29.9 Å². The third-order valence-corrected chi connectivity index (χ3v) is 5.27. The number of aromatic nitrogens is 6. The van der Waals surface area contributed by atoms with Gasteiger partial charge in [-0.2, -0.15) is 10.2 Å². The topological polar surface area (TPSA) is 81.4 Å². The minimum Gasteiger partial charge on any atom is -0.323 e. The largest absolute Gasteiger partial charge is 0.323 e. The SMILES string of the molecule is CC(C)c1cnnc(Nc2ccc3ncc(-c4cn(C)nc4C4CC4)cc3n2)c1. The van der Waals surface area contributed by atoms with Crippen LogP contribution < -0.4 is 5.32 Å². The van der Waals surface area contributed by atoms with Crippen molar-refractivity contribution in [2.75, 3.05) is 5.32 Å². The summed E-state index contributed by atoms with van der Waals surface area (Å²) in [5, 5.41) is 16.2. The Kier molecular flexibility index (Phi) is 4.23. The predicted octanol–water partition coefficient (Wildman–Crippen LogP) is 4.56. The fraction of sp³-hybridized carbons (Fsp3) is 0.318. The van der Waals surface area contributed by atoms with Crippen LogP contribution in [-0.2, 0) is 7.05 Å². The lowest BCUT2D eigenvalue weighted by Crippen LogP contribution is -2.00. The molecule has 29 heavy (non-hydrogen) atoms. The van der Waals surface area contributed by atoms with E-state index >= 15 is 0 Å². The fourth-order valence-electron chi connectivity index (χ4n) is 3.50. The van der Waals surface area contributed by atoms with Gasteiger partial charge in [-0.3, -0.25) is 9.67 Å². The van der Waals surface area contributed by atoms with Crippen molar-refractivity contribution in [1.82, 2.24) is 29.9 Å². The standard InChI is InChI=1S/C22H23N7/c1-13(2)15-9-21(27-24-11-15)26-20-7-6-18-19(25-20)8-16(10-23-18)17-12-29(3)28-22(17)14-4-5-14/h6-14H,4-5H2,1-3H3,(H,25,26,27). The highest BCUT2D eigenvalue weighted by Crippen LogP contribution is 2.43. The first kappa shape index (κ1) is 17.7. The van der Waals surface area contributed by atoms with Crippen LogP contribution in [0.5, 0.6) is 0 Å². The molecule has 7 nitrogen and oxygen atoms in total. The summed E-state index contributed by atoms with van der Waals surface area (Å²) < 4.78 is 1.89. The molecule has 4 aromatic heterocycles. The Labute approximate surface area is 169 Å². The van der Waals surface area contributed by atoms with Crippen molar-refractivity contribution in [3.05, 3.63) is 54.1 Å². The summed E-state index contributed by atoms with van der Waals surface area (Å²) in [6.45, 7) is 4.27. The first-order valence-electron chi connectivity index (χ1n) is 9.97. The minimum absolute atomic E-state index is 0.391. The zero-order valence-corrected chi connectivity index (χ0v) is 16.8. The van der Waals surface area contributed by atoms with Gasteiger partial charge in [-0.25, -0.2) is 4.98 Å². The number of nitrogens with zero attached hydrogens (tertiary/aromatic N) is 6. The first-order chi connectivity index (χ1) is 14.1. The molecule has 7 heteroatoms. The first-order valence-corrected chi connectivity index (χ1v) is 9.97. The van der Waals surface area contributed by atoms with Crippen LogP contribution in [0.3, 0.4) is 0 Å². The molecule has 0 amide bonds. The maximum Gasteiger partial charge on any atom is 0.154 e. The molecule has 0 saturated heterocycles. The third-order valence-electron chi connectivity index (χ3n) is 5.27. The summed E-state index contributed by atoms with van der Waals surface area (Å²) in [5.41, 5.74) is 6.21. The van der Waals surface area contributed by atoms with Crippen LogP contribution in [0.15, 0.2) is 42.9 Å². The zero-order valence-electron chi connectivity index (χ0n) is 16.8. The van der Waals surface area contributed by atoms with E-state index in [0.29, 0.717) is 17.7 Å². The van der Waals surface area contributed by atoms with Crippen molar-refractivity contribution >= 4 is 22.7 Å². The normalized spacial score (nSPS) is 13.9. The van der Waals surface area contributed by atoms with Crippen LogP contribution >= 0.6 is 0 Å². The highest BCUT2D eigenvalue weighted by atomic mass is 15.3. The second-order valence-electron chi connectivity index (χ2n) is 7.99. The zero-order chi connectivity index (χ0) is 20.0. The summed E-state index contributed by atoms with van der Waals surface area (Å²) >= 11 is 0. The van der Waals surface area contributed by atoms with Gasteiger partial charge in [0, 0.05) is 36.5 Å². The van der Waals surface area contributed by atoms with Crippen molar-refractivity contribution in [2.24, 2.45) is 7.05 Å². The number of pyridine rings is 2. The van der Waals surface area contributed by atoms with Gasteiger partial charge in [0.1, 0.15) is 5.82 Å². The molecular weight excluding hydrogens is 362 g/mol. The number of hydrogen-bond acceptors (Lipinski definition) is 6. The highest BCUT2D eigenvalue weighted by molar-refractivity contribution is 5.82. The highest BCUT2D eigenvalue weighted by Gasteiger charge is 2.29. The van der Waals surface area contributed by atoms with Gasteiger partial charge in [0.2, 0.25) is 0 Å². The van der Waals surface area contributed by atoms with Gasteiger partial charge in [0.25, 0.3) is 0 Å². The molecule has 4 heterocycles. The molecule has 0 aliphatic heterocycles. The molecule has 0 aromatic carbocycles. The van der Waals surface area contributed by atoms with Crippen LogP contribution in [0.2, 0.25) is 0 Å². The molecule has 0 bridgehead atoms. The minimum atomic E-state index is 0.391. The Morgan fingerprint density at radius 1 is 1.07 bits per heavy atom. The summed E-state index contributed by atoms with van der Waals surface area (Å²) in [6, 6.07) is 7.99. The van der Waals surface area contributed by atoms with E-state index in [4.69, 9.17) is 4.98 Å². The van der Waals surface area contributed by atoms with Crippen molar-refractivity contribution in [2.45, 2.75) is 38.5 Å². The van der Waals surface area contributed by atoms with E-state index in [1.165, 1.54) is 18.5 Å². The predicted molar refractivity (Wildman–Crippen MR) is 113 cm³/mol. The number of anilines is 2.